The van der Waals surface area contributed by atoms with Gasteiger partial charge in [-0.2, -0.15) is 5.26 Å². The van der Waals surface area contributed by atoms with Crippen LogP contribution in [-0.4, -0.2) is 49.1 Å². The molecule has 1 amide bonds. The van der Waals surface area contributed by atoms with Gasteiger partial charge < -0.3 is 15.5 Å². The van der Waals surface area contributed by atoms with E-state index >= 15 is 0 Å². The van der Waals surface area contributed by atoms with Gasteiger partial charge in [-0.1, -0.05) is 0 Å². The normalized spacial score (nSPS) is 30.2. The summed E-state index contributed by atoms with van der Waals surface area (Å²) in [6.45, 7) is 2.32. The second-order valence-electron chi connectivity index (χ2n) is 8.19. The largest absolute Gasteiger partial charge is 0.339 e. The zero-order valence-corrected chi connectivity index (χ0v) is 16.2. The summed E-state index contributed by atoms with van der Waals surface area (Å²) in [5.74, 6) is 1.12. The quantitative estimate of drug-likeness (QED) is 0.832. The molecule has 6 heteroatoms. The fourth-order valence-corrected chi connectivity index (χ4v) is 5.99. The first-order chi connectivity index (χ1) is 12.6. The molecule has 0 radical (unpaired) electrons. The molecule has 1 aromatic rings. The Bertz CT molecular complexity index is 688. The fraction of sp³-hybridized carbons (Fsp3) is 0.700. The van der Waals surface area contributed by atoms with Crippen LogP contribution in [0.1, 0.15) is 47.8 Å². The van der Waals surface area contributed by atoms with Gasteiger partial charge in [0.25, 0.3) is 0 Å². The minimum Gasteiger partial charge on any atom is -0.339 e. The summed E-state index contributed by atoms with van der Waals surface area (Å²) in [6.07, 6.45) is 6.47. The Morgan fingerprint density at radius 1 is 1.38 bits per heavy atom. The molecule has 4 atom stereocenters. The first-order valence-corrected chi connectivity index (χ1v) is 10.7. The third-order valence-corrected chi connectivity index (χ3v) is 7.59. The lowest BCUT2D eigenvalue weighted by Crippen LogP contribution is -2.50. The van der Waals surface area contributed by atoms with Crippen LogP contribution in [0.2, 0.25) is 0 Å². The third-order valence-electron chi connectivity index (χ3n) is 6.32. The molecule has 2 saturated heterocycles. The Kier molecular flexibility index (Phi) is 5.30. The van der Waals surface area contributed by atoms with Crippen LogP contribution >= 0.6 is 11.3 Å². The van der Waals surface area contributed by atoms with E-state index in [2.05, 4.69) is 40.8 Å². The Balaban J connectivity index is 1.32. The number of piperidine rings is 2. The van der Waals surface area contributed by atoms with E-state index in [-0.39, 0.29) is 11.9 Å². The fourth-order valence-electron chi connectivity index (χ4n) is 4.76. The first kappa shape index (κ1) is 18.0. The van der Waals surface area contributed by atoms with Crippen LogP contribution in [-0.2, 0) is 11.2 Å². The number of amides is 1. The van der Waals surface area contributed by atoms with E-state index in [1.54, 1.807) is 0 Å². The number of hydrogen-bond acceptors (Lipinski definition) is 5. The maximum absolute atomic E-state index is 12.6. The van der Waals surface area contributed by atoms with Gasteiger partial charge in [-0.15, -0.1) is 11.3 Å². The number of thiophene rings is 1. The van der Waals surface area contributed by atoms with Crippen LogP contribution in [0.15, 0.2) is 12.1 Å². The molecule has 1 aliphatic carbocycles. The van der Waals surface area contributed by atoms with E-state index in [9.17, 15) is 10.1 Å². The van der Waals surface area contributed by atoms with Gasteiger partial charge in [-0.05, 0) is 76.2 Å². The number of nitriles is 1. The van der Waals surface area contributed by atoms with Crippen LogP contribution in [0, 0.1) is 17.2 Å². The molecular formula is C20H28N4OS. The zero-order chi connectivity index (χ0) is 18.1. The van der Waals surface area contributed by atoms with E-state index < -0.39 is 6.04 Å². The van der Waals surface area contributed by atoms with Crippen molar-refractivity contribution in [2.75, 3.05) is 20.1 Å². The molecule has 3 aliphatic rings. The number of hydrogen-bond donors (Lipinski definition) is 2. The SMILES string of the molecule is CN1CCC(c2ccc(C[C@@H](C#N)NC(=O)[C@H]3N[C@@H]4CC[C@H]3C4)s2)CC1. The van der Waals surface area contributed by atoms with Crippen LogP contribution < -0.4 is 10.6 Å². The summed E-state index contributed by atoms with van der Waals surface area (Å²) < 4.78 is 0. The van der Waals surface area contributed by atoms with Gasteiger partial charge in [0.15, 0.2) is 0 Å². The standard InChI is InChI=1S/C20H28N4OS/c1-24-8-6-13(7-9-24)18-5-4-17(26-18)11-16(12-21)23-20(25)19-14-2-3-15(10-14)22-19/h4-5,13-16,19,22H,2-3,6-11H2,1H3,(H,23,25)/t14-,15+,16-,19-/m0/s1. The molecule has 140 valence electrons. The summed E-state index contributed by atoms with van der Waals surface area (Å²) in [5, 5.41) is 15.9. The van der Waals surface area contributed by atoms with Gasteiger partial charge in [-0.25, -0.2) is 0 Å². The highest BCUT2D eigenvalue weighted by Gasteiger charge is 2.43. The summed E-state index contributed by atoms with van der Waals surface area (Å²) in [4.78, 5) is 17.6. The third kappa shape index (κ3) is 3.80. The minimum absolute atomic E-state index is 0.0100. The Morgan fingerprint density at radius 3 is 2.85 bits per heavy atom. The van der Waals surface area contributed by atoms with E-state index in [0.29, 0.717) is 24.3 Å². The van der Waals surface area contributed by atoms with Gasteiger partial charge in [0, 0.05) is 22.2 Å². The molecule has 4 rings (SSSR count). The van der Waals surface area contributed by atoms with Crippen molar-refractivity contribution in [1.29, 1.82) is 5.26 Å². The van der Waals surface area contributed by atoms with E-state index in [0.717, 1.165) is 25.9 Å². The molecule has 0 spiro atoms. The molecule has 1 aromatic heterocycles. The lowest BCUT2D eigenvalue weighted by atomic mass is 9.96. The Morgan fingerprint density at radius 2 is 2.19 bits per heavy atom. The molecule has 2 aliphatic heterocycles. The van der Waals surface area contributed by atoms with Gasteiger partial charge >= 0.3 is 0 Å². The van der Waals surface area contributed by atoms with Crippen molar-refractivity contribution >= 4 is 17.2 Å². The second kappa shape index (κ2) is 7.67. The maximum Gasteiger partial charge on any atom is 0.238 e. The van der Waals surface area contributed by atoms with Crippen molar-refractivity contribution in [3.05, 3.63) is 21.9 Å². The molecule has 26 heavy (non-hydrogen) atoms. The topological polar surface area (TPSA) is 68.2 Å². The summed E-state index contributed by atoms with van der Waals surface area (Å²) in [7, 11) is 2.18. The molecule has 2 bridgehead atoms. The smallest absolute Gasteiger partial charge is 0.238 e. The van der Waals surface area contributed by atoms with Crippen molar-refractivity contribution in [2.24, 2.45) is 5.92 Å². The van der Waals surface area contributed by atoms with E-state index in [1.165, 1.54) is 29.0 Å². The molecule has 1 saturated carbocycles. The number of carbonyl (C=O) groups excluding carboxylic acids is 1. The van der Waals surface area contributed by atoms with Crippen molar-refractivity contribution in [1.82, 2.24) is 15.5 Å². The van der Waals surface area contributed by atoms with Crippen LogP contribution in [0.25, 0.3) is 0 Å². The zero-order valence-electron chi connectivity index (χ0n) is 15.4. The summed E-state index contributed by atoms with van der Waals surface area (Å²) >= 11 is 1.82. The van der Waals surface area contributed by atoms with Crippen molar-refractivity contribution in [3.8, 4) is 6.07 Å². The van der Waals surface area contributed by atoms with Crippen molar-refractivity contribution in [3.63, 3.8) is 0 Å². The number of nitrogens with zero attached hydrogens (tertiary/aromatic N) is 2. The highest BCUT2D eigenvalue weighted by atomic mass is 32.1. The molecule has 3 fully saturated rings. The maximum atomic E-state index is 12.6. The van der Waals surface area contributed by atoms with E-state index in [1.807, 2.05) is 11.3 Å². The van der Waals surface area contributed by atoms with Crippen LogP contribution in [0.3, 0.4) is 0 Å². The summed E-state index contributed by atoms with van der Waals surface area (Å²) in [5.41, 5.74) is 0. The predicted octanol–water partition coefficient (Wildman–Crippen LogP) is 2.25. The number of fused-ring (bicyclic) bond motifs is 2. The van der Waals surface area contributed by atoms with Gasteiger partial charge in [0.1, 0.15) is 6.04 Å². The van der Waals surface area contributed by atoms with Crippen molar-refractivity contribution in [2.45, 2.75) is 62.6 Å². The van der Waals surface area contributed by atoms with Gasteiger partial charge in [0.2, 0.25) is 5.91 Å². The average Bonchev–Trinajstić information content (AvgIpc) is 3.38. The van der Waals surface area contributed by atoms with Crippen LogP contribution in [0.4, 0.5) is 0 Å². The monoisotopic (exact) mass is 372 g/mol. The van der Waals surface area contributed by atoms with Gasteiger partial charge in [-0.3, -0.25) is 4.79 Å². The first-order valence-electron chi connectivity index (χ1n) is 9.85. The molecule has 2 N–H and O–H groups in total. The Hall–Kier alpha value is -1.42. The average molecular weight is 373 g/mol. The molecule has 0 unspecified atom stereocenters. The lowest BCUT2D eigenvalue weighted by molar-refractivity contribution is -0.124. The molecule has 0 aromatic carbocycles. The van der Waals surface area contributed by atoms with Crippen LogP contribution in [0.5, 0.6) is 0 Å². The number of likely N-dealkylation sites (tertiary alicyclic amines) is 1. The predicted molar refractivity (Wildman–Crippen MR) is 103 cm³/mol. The number of nitrogens with one attached hydrogen (secondary N) is 2. The second-order valence-corrected chi connectivity index (χ2v) is 9.39. The molecular weight excluding hydrogens is 344 g/mol. The number of carbonyl (C=O) groups is 1. The minimum atomic E-state index is -0.438. The van der Waals surface area contributed by atoms with E-state index in [4.69, 9.17) is 0 Å². The number of rotatable bonds is 5. The highest BCUT2D eigenvalue weighted by molar-refractivity contribution is 7.12. The Labute approximate surface area is 159 Å². The van der Waals surface area contributed by atoms with Crippen molar-refractivity contribution < 1.29 is 4.79 Å². The highest BCUT2D eigenvalue weighted by Crippen LogP contribution is 2.35. The molecule has 5 nitrogen and oxygen atoms in total. The molecule has 3 heterocycles. The van der Waals surface area contributed by atoms with Gasteiger partial charge in [0.05, 0.1) is 12.1 Å². The summed E-state index contributed by atoms with van der Waals surface area (Å²) in [6, 6.07) is 6.63. The lowest BCUT2D eigenvalue weighted by Gasteiger charge is -2.28.